The lowest BCUT2D eigenvalue weighted by Gasteiger charge is -2.29. The molecule has 0 bridgehead atoms. The third kappa shape index (κ3) is 3.86. The number of nitrogens with zero attached hydrogens (tertiary/aromatic N) is 2. The normalized spacial score (nSPS) is 17.4. The Morgan fingerprint density at radius 3 is 2.75 bits per heavy atom. The summed E-state index contributed by atoms with van der Waals surface area (Å²) in [6.45, 7) is 4.82. The van der Waals surface area contributed by atoms with E-state index in [2.05, 4.69) is 24.0 Å². The molecule has 0 spiro atoms. The molecule has 1 aromatic carbocycles. The number of aromatic nitrogens is 1. The number of carbonyl (C=O) groups is 1. The van der Waals surface area contributed by atoms with Crippen molar-refractivity contribution in [3.05, 3.63) is 77.4 Å². The molecular formula is C24H26N2O2. The first kappa shape index (κ1) is 18.5. The summed E-state index contributed by atoms with van der Waals surface area (Å²) < 4.78 is 5.66. The fourth-order valence-electron chi connectivity index (χ4n) is 4.09. The standard InChI is InChI=1S/C24H26N2O2/c1-17-14-18(2)25-21(15-17)19-8-6-9-20(16-19)24(27)26-12-5-3-4-10-22(26)23-11-7-13-28-23/h6-9,11,13-16,22H,3-5,10,12H2,1-2H3/t22-/m1/s1. The van der Waals surface area contributed by atoms with Crippen LogP contribution >= 0.6 is 0 Å². The minimum Gasteiger partial charge on any atom is -0.467 e. The number of likely N-dealkylation sites (tertiary alicyclic amines) is 1. The van der Waals surface area contributed by atoms with Gasteiger partial charge in [0.1, 0.15) is 5.76 Å². The summed E-state index contributed by atoms with van der Waals surface area (Å²) in [6, 6.07) is 15.8. The molecule has 1 saturated heterocycles. The van der Waals surface area contributed by atoms with Gasteiger partial charge in [0.05, 0.1) is 18.0 Å². The van der Waals surface area contributed by atoms with Crippen LogP contribution in [0.2, 0.25) is 0 Å². The number of benzene rings is 1. The maximum atomic E-state index is 13.4. The molecule has 3 aromatic rings. The van der Waals surface area contributed by atoms with Crippen LogP contribution in [0.25, 0.3) is 11.3 Å². The highest BCUT2D eigenvalue weighted by Gasteiger charge is 2.29. The number of furan rings is 1. The predicted octanol–water partition coefficient (Wildman–Crippen LogP) is 5.72. The van der Waals surface area contributed by atoms with E-state index >= 15 is 0 Å². The van der Waals surface area contributed by atoms with Crippen molar-refractivity contribution in [3.63, 3.8) is 0 Å². The number of hydrogen-bond donors (Lipinski definition) is 0. The van der Waals surface area contributed by atoms with Crippen molar-refractivity contribution < 1.29 is 9.21 Å². The summed E-state index contributed by atoms with van der Waals surface area (Å²) >= 11 is 0. The Kier molecular flexibility index (Phi) is 5.29. The number of aryl methyl sites for hydroxylation is 2. The maximum absolute atomic E-state index is 13.4. The highest BCUT2D eigenvalue weighted by atomic mass is 16.3. The Morgan fingerprint density at radius 1 is 1.07 bits per heavy atom. The summed E-state index contributed by atoms with van der Waals surface area (Å²) in [7, 11) is 0. The van der Waals surface area contributed by atoms with Gasteiger partial charge in [0.2, 0.25) is 0 Å². The van der Waals surface area contributed by atoms with Crippen molar-refractivity contribution in [3.8, 4) is 11.3 Å². The van der Waals surface area contributed by atoms with Crippen LogP contribution in [-0.2, 0) is 0 Å². The molecule has 0 N–H and O–H groups in total. The van der Waals surface area contributed by atoms with E-state index in [4.69, 9.17) is 4.42 Å². The zero-order chi connectivity index (χ0) is 19.5. The quantitative estimate of drug-likeness (QED) is 0.589. The molecular weight excluding hydrogens is 348 g/mol. The molecule has 1 aliphatic heterocycles. The zero-order valence-corrected chi connectivity index (χ0v) is 16.5. The van der Waals surface area contributed by atoms with Crippen LogP contribution in [0.15, 0.2) is 59.2 Å². The van der Waals surface area contributed by atoms with Gasteiger partial charge in [-0.05, 0) is 68.7 Å². The molecule has 144 valence electrons. The summed E-state index contributed by atoms with van der Waals surface area (Å²) in [5.41, 5.74) is 4.74. The van der Waals surface area contributed by atoms with Crippen molar-refractivity contribution in [2.24, 2.45) is 0 Å². The molecule has 3 heterocycles. The van der Waals surface area contributed by atoms with E-state index in [1.165, 1.54) is 5.56 Å². The van der Waals surface area contributed by atoms with Crippen LogP contribution in [0.4, 0.5) is 0 Å². The molecule has 1 fully saturated rings. The molecule has 4 rings (SSSR count). The van der Waals surface area contributed by atoms with Gasteiger partial charge in [-0.15, -0.1) is 0 Å². The van der Waals surface area contributed by atoms with Crippen molar-refractivity contribution in [1.29, 1.82) is 0 Å². The van der Waals surface area contributed by atoms with E-state index in [9.17, 15) is 4.79 Å². The Hall–Kier alpha value is -2.88. The highest BCUT2D eigenvalue weighted by Crippen LogP contribution is 2.32. The van der Waals surface area contributed by atoms with Crippen LogP contribution in [0.1, 0.15) is 59.1 Å². The zero-order valence-electron chi connectivity index (χ0n) is 16.5. The summed E-state index contributed by atoms with van der Waals surface area (Å²) in [5, 5.41) is 0. The largest absolute Gasteiger partial charge is 0.467 e. The Labute approximate surface area is 166 Å². The Morgan fingerprint density at radius 2 is 1.96 bits per heavy atom. The van der Waals surface area contributed by atoms with Gasteiger partial charge < -0.3 is 9.32 Å². The summed E-state index contributed by atoms with van der Waals surface area (Å²) in [4.78, 5) is 20.1. The SMILES string of the molecule is Cc1cc(C)nc(-c2cccc(C(=O)N3CCCCC[C@@H]3c3ccco3)c2)c1. The molecule has 4 nitrogen and oxygen atoms in total. The van der Waals surface area contributed by atoms with Crippen LogP contribution < -0.4 is 0 Å². The van der Waals surface area contributed by atoms with Crippen LogP contribution in [0.3, 0.4) is 0 Å². The van der Waals surface area contributed by atoms with Gasteiger partial charge in [-0.3, -0.25) is 9.78 Å². The molecule has 1 atom stereocenters. The molecule has 0 radical (unpaired) electrons. The molecule has 4 heteroatoms. The van der Waals surface area contributed by atoms with Gasteiger partial charge in [-0.1, -0.05) is 25.0 Å². The smallest absolute Gasteiger partial charge is 0.254 e. The minimum absolute atomic E-state index is 0.00740. The second kappa shape index (κ2) is 8.01. The average molecular weight is 374 g/mol. The number of pyridine rings is 1. The lowest BCUT2D eigenvalue weighted by Crippen LogP contribution is -2.34. The van der Waals surface area contributed by atoms with Crippen LogP contribution in [0, 0.1) is 13.8 Å². The fraction of sp³-hybridized carbons (Fsp3) is 0.333. The van der Waals surface area contributed by atoms with Crippen molar-refractivity contribution in [2.75, 3.05) is 6.54 Å². The molecule has 28 heavy (non-hydrogen) atoms. The molecule has 1 aliphatic rings. The highest BCUT2D eigenvalue weighted by molar-refractivity contribution is 5.95. The molecule has 0 saturated carbocycles. The van der Waals surface area contributed by atoms with E-state index in [0.29, 0.717) is 5.56 Å². The average Bonchev–Trinajstić information content (AvgIpc) is 3.11. The third-order valence-corrected chi connectivity index (χ3v) is 5.39. The number of rotatable bonds is 3. The predicted molar refractivity (Wildman–Crippen MR) is 110 cm³/mol. The summed E-state index contributed by atoms with van der Waals surface area (Å²) in [5.74, 6) is 0.942. The van der Waals surface area contributed by atoms with Gasteiger partial charge in [0.15, 0.2) is 0 Å². The molecule has 1 amide bonds. The van der Waals surface area contributed by atoms with Gasteiger partial charge in [0.25, 0.3) is 5.91 Å². The monoisotopic (exact) mass is 374 g/mol. The van der Waals surface area contributed by atoms with Gasteiger partial charge in [-0.2, -0.15) is 0 Å². The van der Waals surface area contributed by atoms with E-state index in [-0.39, 0.29) is 11.9 Å². The van der Waals surface area contributed by atoms with Crippen molar-refractivity contribution >= 4 is 5.91 Å². The lowest BCUT2D eigenvalue weighted by atomic mass is 10.0. The van der Waals surface area contributed by atoms with Crippen molar-refractivity contribution in [1.82, 2.24) is 9.88 Å². The first-order valence-corrected chi connectivity index (χ1v) is 10.0. The Bertz CT molecular complexity index is 942. The van der Waals surface area contributed by atoms with Gasteiger partial charge in [0, 0.05) is 23.4 Å². The second-order valence-electron chi connectivity index (χ2n) is 7.63. The van der Waals surface area contributed by atoms with Crippen LogP contribution in [0.5, 0.6) is 0 Å². The molecule has 0 aliphatic carbocycles. The van der Waals surface area contributed by atoms with Crippen LogP contribution in [-0.4, -0.2) is 22.3 Å². The summed E-state index contributed by atoms with van der Waals surface area (Å²) in [6.07, 6.45) is 5.92. The van der Waals surface area contributed by atoms with Gasteiger partial charge in [-0.25, -0.2) is 0 Å². The van der Waals surface area contributed by atoms with E-state index in [0.717, 1.165) is 54.9 Å². The topological polar surface area (TPSA) is 46.3 Å². The minimum atomic E-state index is 0.00740. The number of carbonyl (C=O) groups excluding carboxylic acids is 1. The first-order chi connectivity index (χ1) is 13.6. The van der Waals surface area contributed by atoms with E-state index in [1.54, 1.807) is 6.26 Å². The first-order valence-electron chi connectivity index (χ1n) is 10.0. The maximum Gasteiger partial charge on any atom is 0.254 e. The lowest BCUT2D eigenvalue weighted by molar-refractivity contribution is 0.0658. The Balaban J connectivity index is 1.67. The van der Waals surface area contributed by atoms with E-state index < -0.39 is 0 Å². The number of amides is 1. The van der Waals surface area contributed by atoms with E-state index in [1.807, 2.05) is 48.2 Å². The second-order valence-corrected chi connectivity index (χ2v) is 7.63. The van der Waals surface area contributed by atoms with Gasteiger partial charge >= 0.3 is 0 Å². The fourth-order valence-corrected chi connectivity index (χ4v) is 4.09. The number of hydrogen-bond acceptors (Lipinski definition) is 3. The van der Waals surface area contributed by atoms with Crippen molar-refractivity contribution in [2.45, 2.75) is 45.6 Å². The third-order valence-electron chi connectivity index (χ3n) is 5.39. The molecule has 0 unspecified atom stereocenters. The molecule has 2 aromatic heterocycles.